The first-order chi connectivity index (χ1) is 4.43. The number of allylic oxidation sites excluding steroid dienone is 1. The molecular weight excluding hydrogens is 118 g/mol. The summed E-state index contributed by atoms with van der Waals surface area (Å²) in [6.45, 7) is 0. The van der Waals surface area contributed by atoms with Crippen molar-refractivity contribution >= 4 is 12.4 Å². The van der Waals surface area contributed by atoms with Crippen molar-refractivity contribution in [3.8, 4) is 0 Å². The number of hydrogen-bond donors (Lipinski definition) is 0. The monoisotopic (exact) mass is 123 g/mol. The molecule has 0 saturated heterocycles. The van der Waals surface area contributed by atoms with E-state index in [1.165, 1.54) is 18.7 Å². The van der Waals surface area contributed by atoms with Crippen LogP contribution in [-0.2, 0) is 4.79 Å². The highest BCUT2D eigenvalue weighted by Gasteiger charge is 1.84. The predicted molar refractivity (Wildman–Crippen MR) is 31.6 cm³/mol. The molecule has 0 fully saturated rings. The molecule has 0 aliphatic heterocycles. The summed E-state index contributed by atoms with van der Waals surface area (Å²) in [5.74, 6) is 0.585. The highest BCUT2D eigenvalue weighted by molar-refractivity contribution is 5.72. The number of oxazole rings is 1. The first kappa shape index (κ1) is 5.75. The number of hydrogen-bond acceptors (Lipinski definition) is 3. The van der Waals surface area contributed by atoms with Crippen LogP contribution in [0, 0.1) is 0 Å². The number of aromatic nitrogens is 1. The van der Waals surface area contributed by atoms with E-state index in [0.29, 0.717) is 12.0 Å². The summed E-state index contributed by atoms with van der Waals surface area (Å²) in [6.07, 6.45) is 6.41. The average molecular weight is 123 g/mol. The summed E-state index contributed by atoms with van der Waals surface area (Å²) < 4.78 is 4.78. The Morgan fingerprint density at radius 2 is 2.56 bits per heavy atom. The molecule has 1 rings (SSSR count). The number of nitrogens with zero attached hydrogens (tertiary/aromatic N) is 1. The Bertz CT molecular complexity index is 201. The van der Waals surface area contributed by atoms with Crippen LogP contribution in [0.5, 0.6) is 0 Å². The van der Waals surface area contributed by atoms with Crippen LogP contribution in [0.15, 0.2) is 23.1 Å². The lowest BCUT2D eigenvalue weighted by Crippen LogP contribution is -1.61. The van der Waals surface area contributed by atoms with Crippen LogP contribution >= 0.6 is 0 Å². The largest absolute Gasteiger partial charge is 0.444 e. The van der Waals surface area contributed by atoms with E-state index in [0.717, 1.165) is 0 Å². The van der Waals surface area contributed by atoms with Gasteiger partial charge in [0.1, 0.15) is 12.0 Å². The lowest BCUT2D eigenvalue weighted by atomic mass is 10.4. The highest BCUT2D eigenvalue weighted by atomic mass is 16.3. The van der Waals surface area contributed by atoms with Gasteiger partial charge in [-0.25, -0.2) is 4.98 Å². The van der Waals surface area contributed by atoms with Crippen molar-refractivity contribution in [2.75, 3.05) is 0 Å². The first-order valence-corrected chi connectivity index (χ1v) is 2.44. The van der Waals surface area contributed by atoms with E-state index >= 15 is 0 Å². The molecule has 1 heterocycles. The Morgan fingerprint density at radius 3 is 3.11 bits per heavy atom. The summed E-state index contributed by atoms with van der Waals surface area (Å²) in [4.78, 5) is 13.4. The Morgan fingerprint density at radius 1 is 1.67 bits per heavy atom. The SMILES string of the molecule is O=C/C=C/c1cnco1. The van der Waals surface area contributed by atoms with E-state index < -0.39 is 0 Å². The first-order valence-electron chi connectivity index (χ1n) is 2.44. The van der Waals surface area contributed by atoms with Gasteiger partial charge in [0.25, 0.3) is 0 Å². The van der Waals surface area contributed by atoms with Crippen LogP contribution in [0.1, 0.15) is 5.76 Å². The molecule has 0 radical (unpaired) electrons. The fourth-order valence-corrected chi connectivity index (χ4v) is 0.442. The summed E-state index contributed by atoms with van der Waals surface area (Å²) >= 11 is 0. The van der Waals surface area contributed by atoms with Gasteiger partial charge < -0.3 is 4.42 Å². The molecule has 0 N–H and O–H groups in total. The number of carbonyl (C=O) groups is 1. The van der Waals surface area contributed by atoms with Crippen LogP contribution in [0.3, 0.4) is 0 Å². The Balaban J connectivity index is 2.67. The zero-order valence-corrected chi connectivity index (χ0v) is 4.65. The van der Waals surface area contributed by atoms with Gasteiger partial charge in [-0.05, 0) is 12.2 Å². The molecule has 0 amide bonds. The molecule has 0 aliphatic carbocycles. The van der Waals surface area contributed by atoms with Crippen molar-refractivity contribution in [1.29, 1.82) is 0 Å². The number of carbonyl (C=O) groups excluding carboxylic acids is 1. The van der Waals surface area contributed by atoms with Gasteiger partial charge in [0, 0.05) is 0 Å². The molecule has 3 heteroatoms. The van der Waals surface area contributed by atoms with Crippen molar-refractivity contribution in [3.63, 3.8) is 0 Å². The van der Waals surface area contributed by atoms with E-state index in [-0.39, 0.29) is 0 Å². The van der Waals surface area contributed by atoms with Crippen LogP contribution in [0.4, 0.5) is 0 Å². The zero-order chi connectivity index (χ0) is 6.53. The van der Waals surface area contributed by atoms with Crippen LogP contribution < -0.4 is 0 Å². The molecule has 1 aromatic heterocycles. The maximum Gasteiger partial charge on any atom is 0.181 e. The van der Waals surface area contributed by atoms with Crippen LogP contribution in [0.25, 0.3) is 6.08 Å². The molecule has 0 saturated carbocycles. The summed E-state index contributed by atoms with van der Waals surface area (Å²) in [6, 6.07) is 0. The summed E-state index contributed by atoms with van der Waals surface area (Å²) in [7, 11) is 0. The molecule has 46 valence electrons. The van der Waals surface area contributed by atoms with Gasteiger partial charge in [0.05, 0.1) is 6.20 Å². The lowest BCUT2D eigenvalue weighted by molar-refractivity contribution is -0.104. The van der Waals surface area contributed by atoms with Gasteiger partial charge in [0.15, 0.2) is 6.39 Å². The average Bonchev–Trinajstić information content (AvgIpc) is 2.34. The van der Waals surface area contributed by atoms with Crippen LogP contribution in [-0.4, -0.2) is 11.3 Å². The minimum Gasteiger partial charge on any atom is -0.444 e. The van der Waals surface area contributed by atoms with Crippen LogP contribution in [0.2, 0.25) is 0 Å². The minimum atomic E-state index is 0.585. The Kier molecular flexibility index (Phi) is 1.80. The molecular formula is C6H5NO2. The van der Waals surface area contributed by atoms with Crippen molar-refractivity contribution in [2.24, 2.45) is 0 Å². The van der Waals surface area contributed by atoms with Gasteiger partial charge in [-0.1, -0.05) is 0 Å². The van der Waals surface area contributed by atoms with Crippen molar-refractivity contribution in [1.82, 2.24) is 4.98 Å². The van der Waals surface area contributed by atoms with E-state index in [1.807, 2.05) is 0 Å². The standard InChI is InChI=1S/C6H5NO2/c8-3-1-2-6-4-7-5-9-6/h1-5H/b2-1+. The second-order valence-electron chi connectivity index (χ2n) is 1.40. The normalized spacial score (nSPS) is 10.2. The lowest BCUT2D eigenvalue weighted by Gasteiger charge is -1.73. The van der Waals surface area contributed by atoms with E-state index in [2.05, 4.69) is 4.98 Å². The predicted octanol–water partition coefficient (Wildman–Crippen LogP) is 0.887. The highest BCUT2D eigenvalue weighted by Crippen LogP contribution is 1.97. The quantitative estimate of drug-likeness (QED) is 0.433. The number of aldehydes is 1. The molecule has 0 spiro atoms. The molecule has 0 atom stereocenters. The van der Waals surface area contributed by atoms with Crippen molar-refractivity contribution in [2.45, 2.75) is 0 Å². The Hall–Kier alpha value is -1.38. The van der Waals surface area contributed by atoms with Gasteiger partial charge in [-0.3, -0.25) is 4.79 Å². The minimum absolute atomic E-state index is 0.585. The van der Waals surface area contributed by atoms with Crippen molar-refractivity contribution in [3.05, 3.63) is 24.4 Å². The van der Waals surface area contributed by atoms with Gasteiger partial charge in [0.2, 0.25) is 0 Å². The summed E-state index contributed by atoms with van der Waals surface area (Å²) in [5.41, 5.74) is 0. The van der Waals surface area contributed by atoms with E-state index in [9.17, 15) is 4.79 Å². The van der Waals surface area contributed by atoms with E-state index in [4.69, 9.17) is 4.42 Å². The molecule has 0 bridgehead atoms. The fraction of sp³-hybridized carbons (Fsp3) is 0. The molecule has 0 aromatic carbocycles. The molecule has 0 aliphatic rings. The van der Waals surface area contributed by atoms with Crippen molar-refractivity contribution < 1.29 is 9.21 Å². The van der Waals surface area contributed by atoms with Gasteiger partial charge in [-0.2, -0.15) is 0 Å². The second kappa shape index (κ2) is 2.81. The zero-order valence-electron chi connectivity index (χ0n) is 4.65. The fourth-order valence-electron chi connectivity index (χ4n) is 0.442. The maximum atomic E-state index is 9.75. The van der Waals surface area contributed by atoms with Gasteiger partial charge in [-0.15, -0.1) is 0 Å². The topological polar surface area (TPSA) is 43.1 Å². The summed E-state index contributed by atoms with van der Waals surface area (Å²) in [5, 5.41) is 0. The smallest absolute Gasteiger partial charge is 0.181 e. The molecule has 9 heavy (non-hydrogen) atoms. The Labute approximate surface area is 52.0 Å². The van der Waals surface area contributed by atoms with Gasteiger partial charge >= 0.3 is 0 Å². The molecule has 1 aromatic rings. The van der Waals surface area contributed by atoms with E-state index in [1.54, 1.807) is 6.08 Å². The molecule has 3 nitrogen and oxygen atoms in total. The second-order valence-corrected chi connectivity index (χ2v) is 1.40. The third-order valence-corrected chi connectivity index (χ3v) is 0.790. The number of rotatable bonds is 2. The maximum absolute atomic E-state index is 9.75. The third-order valence-electron chi connectivity index (χ3n) is 0.790. The molecule has 0 unspecified atom stereocenters. The third kappa shape index (κ3) is 1.53.